The second-order valence-corrected chi connectivity index (χ2v) is 8.02. The molecule has 2 aromatic heterocycles. The smallest absolute Gasteiger partial charge is 0.272 e. The number of aromatic nitrogens is 2. The first-order valence-corrected chi connectivity index (χ1v) is 10.3. The van der Waals surface area contributed by atoms with Gasteiger partial charge in [-0.2, -0.15) is 0 Å². The van der Waals surface area contributed by atoms with Gasteiger partial charge in [-0.1, -0.05) is 29.3 Å². The Bertz CT molecular complexity index is 1060. The molecule has 0 aliphatic carbocycles. The molecule has 3 heterocycles. The summed E-state index contributed by atoms with van der Waals surface area (Å²) in [5.41, 5.74) is 9.70. The molecular weight excluding hydrogens is 411 g/mol. The summed E-state index contributed by atoms with van der Waals surface area (Å²) in [5, 5.41) is 1.09. The maximum atomic E-state index is 13.2. The molecule has 1 saturated heterocycles. The van der Waals surface area contributed by atoms with Crippen molar-refractivity contribution in [3.63, 3.8) is 0 Å². The van der Waals surface area contributed by atoms with Crippen molar-refractivity contribution < 1.29 is 9.53 Å². The number of halogens is 2. The Kier molecular flexibility index (Phi) is 5.79. The maximum Gasteiger partial charge on any atom is 0.272 e. The molecule has 0 saturated carbocycles. The molecule has 0 radical (unpaired) electrons. The summed E-state index contributed by atoms with van der Waals surface area (Å²) in [7, 11) is 1.84. The van der Waals surface area contributed by atoms with Gasteiger partial charge in [-0.3, -0.25) is 9.20 Å². The van der Waals surface area contributed by atoms with Crippen molar-refractivity contribution in [2.24, 2.45) is 5.73 Å². The van der Waals surface area contributed by atoms with E-state index in [-0.39, 0.29) is 11.9 Å². The van der Waals surface area contributed by atoms with Crippen LogP contribution in [0.3, 0.4) is 0 Å². The van der Waals surface area contributed by atoms with Gasteiger partial charge in [-0.25, -0.2) is 4.98 Å². The molecule has 2 N–H and O–H groups in total. The molecule has 6 nitrogen and oxygen atoms in total. The number of ether oxygens (including phenoxy) is 1. The molecule has 1 fully saturated rings. The Morgan fingerprint density at radius 1 is 1.28 bits per heavy atom. The number of rotatable bonds is 4. The Balaban J connectivity index is 1.78. The van der Waals surface area contributed by atoms with Gasteiger partial charge in [0.1, 0.15) is 11.3 Å². The van der Waals surface area contributed by atoms with Gasteiger partial charge in [-0.15, -0.1) is 0 Å². The zero-order valence-corrected chi connectivity index (χ0v) is 17.6. The van der Waals surface area contributed by atoms with Crippen LogP contribution in [0.15, 0.2) is 36.7 Å². The van der Waals surface area contributed by atoms with Gasteiger partial charge >= 0.3 is 0 Å². The third kappa shape index (κ3) is 3.85. The largest absolute Gasteiger partial charge is 0.381 e. The molecule has 8 heteroatoms. The van der Waals surface area contributed by atoms with Crippen molar-refractivity contribution in [3.05, 3.63) is 58.0 Å². The first kappa shape index (κ1) is 20.2. The molecule has 1 aliphatic heterocycles. The van der Waals surface area contributed by atoms with Gasteiger partial charge in [0.2, 0.25) is 0 Å². The number of pyridine rings is 1. The molecule has 0 atom stereocenters. The van der Waals surface area contributed by atoms with Crippen molar-refractivity contribution in [1.29, 1.82) is 0 Å². The third-order valence-electron chi connectivity index (χ3n) is 5.45. The number of imidazole rings is 1. The third-order valence-corrected chi connectivity index (χ3v) is 6.00. The number of carbonyl (C=O) groups is 1. The molecule has 4 rings (SSSR count). The van der Waals surface area contributed by atoms with E-state index in [0.29, 0.717) is 41.1 Å². The summed E-state index contributed by atoms with van der Waals surface area (Å²) >= 11 is 12.5. The van der Waals surface area contributed by atoms with Gasteiger partial charge in [0.05, 0.1) is 6.20 Å². The highest BCUT2D eigenvalue weighted by Gasteiger charge is 2.26. The molecule has 0 bridgehead atoms. The molecular formula is C21H22Cl2N4O2. The molecule has 0 spiro atoms. The first-order valence-electron chi connectivity index (χ1n) is 9.50. The van der Waals surface area contributed by atoms with Crippen LogP contribution in [-0.2, 0) is 11.3 Å². The summed E-state index contributed by atoms with van der Waals surface area (Å²) in [4.78, 5) is 19.4. The van der Waals surface area contributed by atoms with Crippen LogP contribution in [0.4, 0.5) is 0 Å². The number of benzene rings is 1. The molecule has 29 heavy (non-hydrogen) atoms. The number of carbonyl (C=O) groups excluding carboxylic acids is 1. The SMILES string of the molecule is CN(C(=O)c1cnc2cc(CN)c(-c3ccc(Cl)cc3Cl)cn12)C1CCOCC1. The van der Waals surface area contributed by atoms with Gasteiger partial charge in [0.25, 0.3) is 5.91 Å². The van der Waals surface area contributed by atoms with Gasteiger partial charge in [0.15, 0.2) is 0 Å². The van der Waals surface area contributed by atoms with Crippen LogP contribution in [0.2, 0.25) is 10.0 Å². The van der Waals surface area contributed by atoms with E-state index < -0.39 is 0 Å². The normalized spacial score (nSPS) is 15.0. The van der Waals surface area contributed by atoms with Crippen LogP contribution in [0.1, 0.15) is 28.9 Å². The van der Waals surface area contributed by atoms with E-state index in [4.69, 9.17) is 33.7 Å². The minimum Gasteiger partial charge on any atom is -0.381 e. The van der Waals surface area contributed by atoms with Gasteiger partial charge < -0.3 is 15.4 Å². The first-order chi connectivity index (χ1) is 14.0. The standard InChI is InChI=1S/C21H22Cl2N4O2/c1-26(15-4-6-29-7-5-15)21(28)19-11-25-20-8-13(10-24)17(12-27(19)20)16-3-2-14(22)9-18(16)23/h2-3,8-9,11-12,15H,4-7,10,24H2,1H3. The monoisotopic (exact) mass is 432 g/mol. The van der Waals surface area contributed by atoms with E-state index in [1.807, 2.05) is 25.4 Å². The highest BCUT2D eigenvalue weighted by molar-refractivity contribution is 6.36. The minimum absolute atomic E-state index is 0.0712. The number of nitrogens with zero attached hydrogens (tertiary/aromatic N) is 3. The van der Waals surface area contributed by atoms with E-state index in [1.165, 1.54) is 0 Å². The predicted octanol–water partition coefficient (Wildman–Crippen LogP) is 4.02. The summed E-state index contributed by atoms with van der Waals surface area (Å²) in [6.45, 7) is 1.67. The minimum atomic E-state index is -0.0712. The highest BCUT2D eigenvalue weighted by atomic mass is 35.5. The Morgan fingerprint density at radius 2 is 2.03 bits per heavy atom. The zero-order valence-electron chi connectivity index (χ0n) is 16.1. The molecule has 0 unspecified atom stereocenters. The van der Waals surface area contributed by atoms with E-state index in [9.17, 15) is 4.79 Å². The number of amides is 1. The number of hydrogen-bond acceptors (Lipinski definition) is 4. The lowest BCUT2D eigenvalue weighted by Crippen LogP contribution is -2.41. The van der Waals surface area contributed by atoms with Crippen molar-refractivity contribution in [2.45, 2.75) is 25.4 Å². The predicted molar refractivity (Wildman–Crippen MR) is 114 cm³/mol. The van der Waals surface area contributed by atoms with Crippen LogP contribution in [-0.4, -0.2) is 46.5 Å². The fourth-order valence-corrected chi connectivity index (χ4v) is 4.27. The van der Waals surface area contributed by atoms with Crippen molar-refractivity contribution >= 4 is 34.8 Å². The van der Waals surface area contributed by atoms with Gasteiger partial charge in [0, 0.05) is 60.2 Å². The maximum absolute atomic E-state index is 13.2. The van der Waals surface area contributed by atoms with Crippen molar-refractivity contribution in [1.82, 2.24) is 14.3 Å². The number of nitrogens with two attached hydrogens (primary N) is 1. The lowest BCUT2D eigenvalue weighted by atomic mass is 10.0. The lowest BCUT2D eigenvalue weighted by Gasteiger charge is -2.31. The van der Waals surface area contributed by atoms with E-state index >= 15 is 0 Å². The summed E-state index contributed by atoms with van der Waals surface area (Å²) in [5.74, 6) is -0.0712. The topological polar surface area (TPSA) is 72.9 Å². The fourth-order valence-electron chi connectivity index (χ4n) is 3.76. The quantitative estimate of drug-likeness (QED) is 0.675. The average Bonchev–Trinajstić information content (AvgIpc) is 3.15. The van der Waals surface area contributed by atoms with E-state index in [1.54, 1.807) is 27.6 Å². The zero-order chi connectivity index (χ0) is 20.5. The average molecular weight is 433 g/mol. The molecule has 152 valence electrons. The van der Waals surface area contributed by atoms with Gasteiger partial charge in [-0.05, 0) is 36.6 Å². The summed E-state index contributed by atoms with van der Waals surface area (Å²) in [6, 6.07) is 7.40. The number of hydrogen-bond donors (Lipinski definition) is 1. The summed E-state index contributed by atoms with van der Waals surface area (Å²) in [6.07, 6.45) is 5.16. The van der Waals surface area contributed by atoms with Crippen LogP contribution >= 0.6 is 23.2 Å². The fraction of sp³-hybridized carbons (Fsp3) is 0.333. The van der Waals surface area contributed by atoms with Crippen molar-refractivity contribution in [3.8, 4) is 11.1 Å². The Morgan fingerprint density at radius 3 is 2.72 bits per heavy atom. The Hall–Kier alpha value is -2.12. The molecule has 1 amide bonds. The van der Waals surface area contributed by atoms with Crippen LogP contribution < -0.4 is 5.73 Å². The van der Waals surface area contributed by atoms with Crippen molar-refractivity contribution in [2.75, 3.05) is 20.3 Å². The lowest BCUT2D eigenvalue weighted by molar-refractivity contribution is 0.0358. The van der Waals surface area contributed by atoms with Crippen LogP contribution in [0.5, 0.6) is 0 Å². The van der Waals surface area contributed by atoms with Crippen LogP contribution in [0.25, 0.3) is 16.8 Å². The molecule has 1 aliphatic rings. The van der Waals surface area contributed by atoms with E-state index in [0.717, 1.165) is 29.5 Å². The Labute approximate surface area is 179 Å². The highest BCUT2D eigenvalue weighted by Crippen LogP contribution is 2.33. The second kappa shape index (κ2) is 8.32. The molecule has 1 aromatic carbocycles. The second-order valence-electron chi connectivity index (χ2n) is 7.17. The van der Waals surface area contributed by atoms with Crippen LogP contribution in [0, 0.1) is 0 Å². The summed E-state index contributed by atoms with van der Waals surface area (Å²) < 4.78 is 7.21. The number of fused-ring (bicyclic) bond motifs is 1. The van der Waals surface area contributed by atoms with E-state index in [2.05, 4.69) is 4.98 Å². The molecule has 3 aromatic rings.